The molecule has 0 bridgehead atoms. The van der Waals surface area contributed by atoms with Crippen molar-refractivity contribution in [3.8, 4) is 0 Å². The predicted molar refractivity (Wildman–Crippen MR) is 140 cm³/mol. The quantitative estimate of drug-likeness (QED) is 0.453. The van der Waals surface area contributed by atoms with Crippen molar-refractivity contribution in [1.29, 1.82) is 0 Å². The molecule has 2 aromatic carbocycles. The molecule has 0 aliphatic carbocycles. The first kappa shape index (κ1) is 24.3. The number of furan rings is 1. The van der Waals surface area contributed by atoms with E-state index in [9.17, 15) is 4.79 Å². The summed E-state index contributed by atoms with van der Waals surface area (Å²) in [5, 5.41) is 0. The Hall–Kier alpha value is -1.86. The zero-order valence-corrected chi connectivity index (χ0v) is 21.4. The van der Waals surface area contributed by atoms with E-state index in [1.165, 1.54) is 16.7 Å². The van der Waals surface area contributed by atoms with Gasteiger partial charge in [-0.25, -0.2) is 0 Å². The van der Waals surface area contributed by atoms with E-state index in [0.29, 0.717) is 6.54 Å². The van der Waals surface area contributed by atoms with E-state index in [4.69, 9.17) is 4.42 Å². The third kappa shape index (κ3) is 4.85. The van der Waals surface area contributed by atoms with Crippen molar-refractivity contribution in [2.24, 2.45) is 0 Å². The van der Waals surface area contributed by atoms with Gasteiger partial charge in [0, 0.05) is 23.6 Å². The number of nitrogens with zero attached hydrogens (tertiary/aromatic N) is 2. The first-order valence-corrected chi connectivity index (χ1v) is 13.0. The van der Waals surface area contributed by atoms with Gasteiger partial charge in [-0.05, 0) is 55.4 Å². The minimum absolute atomic E-state index is 0. The summed E-state index contributed by atoms with van der Waals surface area (Å²) in [6.45, 7) is 2.05. The number of carbonyl (C=O) groups excluding carboxylic acids is 1. The summed E-state index contributed by atoms with van der Waals surface area (Å²) in [5.74, 6) is 4.24. The predicted octanol–water partition coefficient (Wildman–Crippen LogP) is 5.64. The monoisotopic (exact) mass is 500 g/mol. The molecule has 0 N–H and O–H groups in total. The number of amides is 1. The van der Waals surface area contributed by atoms with Crippen molar-refractivity contribution in [1.82, 2.24) is 9.80 Å². The Morgan fingerprint density at radius 1 is 1.03 bits per heavy atom. The maximum Gasteiger partial charge on any atom is 0.254 e. The van der Waals surface area contributed by atoms with Gasteiger partial charge in [0.1, 0.15) is 15.6 Å². The summed E-state index contributed by atoms with van der Waals surface area (Å²) >= 11 is 3.98. The van der Waals surface area contributed by atoms with E-state index in [1.54, 1.807) is 0 Å². The molecule has 2 aliphatic heterocycles. The van der Waals surface area contributed by atoms with E-state index in [2.05, 4.69) is 53.4 Å². The SMILES string of the molecule is CN(C)Cc1cc2c(o1)CN(C(=O)c1ccc(C3(c4ccccc4)SCCS3)cc1)CC2.Cl. The molecule has 2 aliphatic rings. The molecular weight excluding hydrogens is 472 g/mol. The molecule has 1 aromatic heterocycles. The Kier molecular flexibility index (Phi) is 7.49. The standard InChI is InChI=1S/C26H28N2O2S2.ClH/c1-27(2)17-23-16-20-12-13-28(18-24(20)30-23)25(29)19-8-10-22(11-9-19)26(31-14-15-32-26)21-6-4-3-5-7-21;/h3-11,16H,12-15,17-18H2,1-2H3;1H. The van der Waals surface area contributed by atoms with E-state index in [-0.39, 0.29) is 22.4 Å². The molecule has 174 valence electrons. The van der Waals surface area contributed by atoms with Gasteiger partial charge < -0.3 is 14.2 Å². The second-order valence-electron chi connectivity index (χ2n) is 8.63. The molecule has 0 atom stereocenters. The summed E-state index contributed by atoms with van der Waals surface area (Å²) in [6, 6.07) is 21.1. The van der Waals surface area contributed by atoms with Gasteiger partial charge in [0.2, 0.25) is 0 Å². The van der Waals surface area contributed by atoms with Crippen molar-refractivity contribution in [3.05, 3.63) is 94.4 Å². The molecule has 3 aromatic rings. The normalized spacial score (nSPS) is 17.0. The first-order valence-electron chi connectivity index (χ1n) is 11.0. The fraction of sp³-hybridized carbons (Fsp3) is 0.346. The summed E-state index contributed by atoms with van der Waals surface area (Å²) in [5.41, 5.74) is 4.56. The Bertz CT molecular complexity index is 1090. The minimum Gasteiger partial charge on any atom is -0.463 e. The van der Waals surface area contributed by atoms with Gasteiger partial charge in [0.15, 0.2) is 0 Å². The van der Waals surface area contributed by atoms with Crippen LogP contribution in [0.2, 0.25) is 0 Å². The highest BCUT2D eigenvalue weighted by atomic mass is 35.5. The van der Waals surface area contributed by atoms with Gasteiger partial charge in [-0.3, -0.25) is 4.79 Å². The largest absolute Gasteiger partial charge is 0.463 e. The Labute approximate surface area is 210 Å². The maximum absolute atomic E-state index is 13.2. The average Bonchev–Trinajstić information content (AvgIpc) is 3.46. The average molecular weight is 501 g/mol. The van der Waals surface area contributed by atoms with Crippen molar-refractivity contribution >= 4 is 41.8 Å². The zero-order chi connectivity index (χ0) is 22.1. The van der Waals surface area contributed by atoms with Crippen molar-refractivity contribution in [2.45, 2.75) is 23.6 Å². The third-order valence-corrected chi connectivity index (χ3v) is 9.59. The van der Waals surface area contributed by atoms with Gasteiger partial charge in [-0.15, -0.1) is 35.9 Å². The number of hydrogen-bond acceptors (Lipinski definition) is 5. The summed E-state index contributed by atoms with van der Waals surface area (Å²) in [6.07, 6.45) is 0.848. The Morgan fingerprint density at radius 3 is 2.36 bits per heavy atom. The number of hydrogen-bond donors (Lipinski definition) is 0. The molecule has 1 fully saturated rings. The minimum atomic E-state index is -0.0835. The molecule has 33 heavy (non-hydrogen) atoms. The highest BCUT2D eigenvalue weighted by Gasteiger charge is 2.39. The third-order valence-electron chi connectivity index (χ3n) is 6.05. The van der Waals surface area contributed by atoms with Gasteiger partial charge in [0.05, 0.1) is 13.1 Å². The topological polar surface area (TPSA) is 36.7 Å². The second-order valence-corrected chi connectivity index (χ2v) is 11.5. The van der Waals surface area contributed by atoms with E-state index in [0.717, 1.165) is 48.1 Å². The van der Waals surface area contributed by atoms with Crippen LogP contribution in [0.15, 0.2) is 65.1 Å². The number of carbonyl (C=O) groups is 1. The van der Waals surface area contributed by atoms with Gasteiger partial charge in [-0.2, -0.15) is 0 Å². The van der Waals surface area contributed by atoms with Crippen molar-refractivity contribution < 1.29 is 9.21 Å². The molecule has 5 rings (SSSR count). The van der Waals surface area contributed by atoms with Crippen molar-refractivity contribution in [2.75, 3.05) is 32.1 Å². The molecule has 7 heteroatoms. The Balaban J connectivity index is 0.00000259. The van der Waals surface area contributed by atoms with Gasteiger partial charge in [-0.1, -0.05) is 42.5 Å². The van der Waals surface area contributed by atoms with Crippen molar-refractivity contribution in [3.63, 3.8) is 0 Å². The van der Waals surface area contributed by atoms with Crippen LogP contribution >= 0.6 is 35.9 Å². The molecule has 0 saturated carbocycles. The molecule has 1 amide bonds. The smallest absolute Gasteiger partial charge is 0.254 e. The second kappa shape index (κ2) is 10.2. The molecule has 4 nitrogen and oxygen atoms in total. The lowest BCUT2D eigenvalue weighted by molar-refractivity contribution is 0.0718. The van der Waals surface area contributed by atoms with Crippen LogP contribution in [0.1, 0.15) is 38.6 Å². The molecule has 0 spiro atoms. The molecule has 3 heterocycles. The number of halogens is 1. The summed E-state index contributed by atoms with van der Waals surface area (Å²) in [4.78, 5) is 17.2. The van der Waals surface area contributed by atoms with Crippen LogP contribution in [0.25, 0.3) is 0 Å². The van der Waals surface area contributed by atoms with Crippen LogP contribution in [0, 0.1) is 0 Å². The van der Waals surface area contributed by atoms with Crippen LogP contribution in [0.3, 0.4) is 0 Å². The highest BCUT2D eigenvalue weighted by molar-refractivity contribution is 8.20. The lowest BCUT2D eigenvalue weighted by Gasteiger charge is -2.29. The Morgan fingerprint density at radius 2 is 1.70 bits per heavy atom. The zero-order valence-electron chi connectivity index (χ0n) is 19.0. The summed E-state index contributed by atoms with van der Waals surface area (Å²) < 4.78 is 5.96. The lowest BCUT2D eigenvalue weighted by Crippen LogP contribution is -2.35. The van der Waals surface area contributed by atoms with E-state index >= 15 is 0 Å². The number of benzene rings is 2. The lowest BCUT2D eigenvalue weighted by atomic mass is 10.0. The van der Waals surface area contributed by atoms with Crippen LogP contribution in [-0.2, 0) is 23.6 Å². The number of thioether (sulfide) groups is 2. The van der Waals surface area contributed by atoms with Crippen LogP contribution < -0.4 is 0 Å². The van der Waals surface area contributed by atoms with Crippen LogP contribution in [-0.4, -0.2) is 47.9 Å². The molecule has 0 radical (unpaired) electrons. The fourth-order valence-corrected chi connectivity index (χ4v) is 7.81. The molecule has 1 saturated heterocycles. The van der Waals surface area contributed by atoms with Crippen LogP contribution in [0.5, 0.6) is 0 Å². The summed E-state index contributed by atoms with van der Waals surface area (Å²) in [7, 11) is 4.07. The van der Waals surface area contributed by atoms with E-state index < -0.39 is 0 Å². The molecular formula is C26H29ClN2O2S2. The number of fused-ring (bicyclic) bond motifs is 1. The highest BCUT2D eigenvalue weighted by Crippen LogP contribution is 2.56. The maximum atomic E-state index is 13.2. The molecule has 0 unspecified atom stereocenters. The van der Waals surface area contributed by atoms with Gasteiger partial charge >= 0.3 is 0 Å². The number of rotatable bonds is 5. The van der Waals surface area contributed by atoms with Crippen LogP contribution in [0.4, 0.5) is 0 Å². The van der Waals surface area contributed by atoms with E-state index in [1.807, 2.05) is 54.7 Å². The van der Waals surface area contributed by atoms with Gasteiger partial charge in [0.25, 0.3) is 5.91 Å². The fourth-order valence-electron chi connectivity index (χ4n) is 4.53. The first-order chi connectivity index (χ1) is 15.5.